The Hall–Kier alpha value is -4.04. The quantitative estimate of drug-likeness (QED) is 0.382. The van der Waals surface area contributed by atoms with Crippen LogP contribution in [0.25, 0.3) is 11.4 Å². The van der Waals surface area contributed by atoms with E-state index in [0.29, 0.717) is 47.6 Å². The molecule has 1 aliphatic rings. The Balaban J connectivity index is 1.21. The van der Waals surface area contributed by atoms with E-state index in [1.54, 1.807) is 12.1 Å². The topological polar surface area (TPSA) is 80.5 Å². The SMILES string of the molecule is O=C(Nc1ccccc1Oc1ccccc1)C1CCCN(Cc2nc(-c3ccc(F)cc3)no2)C1. The molecule has 0 saturated carbocycles. The first-order chi connectivity index (χ1) is 17.1. The maximum Gasteiger partial charge on any atom is 0.241 e. The summed E-state index contributed by atoms with van der Waals surface area (Å²) >= 11 is 0. The fraction of sp³-hybridized carbons (Fsp3) is 0.222. The van der Waals surface area contributed by atoms with E-state index >= 15 is 0 Å². The molecule has 8 heteroatoms. The molecule has 3 aromatic carbocycles. The van der Waals surface area contributed by atoms with Gasteiger partial charge in [-0.3, -0.25) is 9.69 Å². The zero-order valence-corrected chi connectivity index (χ0v) is 19.1. The Kier molecular flexibility index (Phi) is 6.81. The number of benzene rings is 3. The number of nitrogens with zero attached hydrogens (tertiary/aromatic N) is 3. The number of carbonyl (C=O) groups is 1. The molecule has 5 rings (SSSR count). The van der Waals surface area contributed by atoms with E-state index < -0.39 is 0 Å². The van der Waals surface area contributed by atoms with Crippen LogP contribution in [0.15, 0.2) is 83.4 Å². The first kappa shape index (κ1) is 22.7. The Morgan fingerprint density at radius 2 is 1.83 bits per heavy atom. The minimum atomic E-state index is -0.315. The highest BCUT2D eigenvalue weighted by atomic mass is 19.1. The fourth-order valence-electron chi connectivity index (χ4n) is 4.15. The molecule has 35 heavy (non-hydrogen) atoms. The minimum Gasteiger partial charge on any atom is -0.455 e. The Bertz CT molecular complexity index is 1280. The number of hydrogen-bond acceptors (Lipinski definition) is 6. The van der Waals surface area contributed by atoms with Crippen LogP contribution in [0.3, 0.4) is 0 Å². The largest absolute Gasteiger partial charge is 0.455 e. The Labute approximate surface area is 202 Å². The van der Waals surface area contributed by atoms with Crippen molar-refractivity contribution in [2.75, 3.05) is 18.4 Å². The summed E-state index contributed by atoms with van der Waals surface area (Å²) in [5, 5.41) is 7.05. The molecular formula is C27H25FN4O3. The lowest BCUT2D eigenvalue weighted by atomic mass is 9.97. The first-order valence-electron chi connectivity index (χ1n) is 11.6. The highest BCUT2D eigenvalue weighted by Crippen LogP contribution is 2.30. The molecular weight excluding hydrogens is 447 g/mol. The molecule has 2 heterocycles. The average molecular weight is 473 g/mol. The number of anilines is 1. The second-order valence-electron chi connectivity index (χ2n) is 8.49. The average Bonchev–Trinajstić information content (AvgIpc) is 3.35. The lowest BCUT2D eigenvalue weighted by molar-refractivity contribution is -0.121. The summed E-state index contributed by atoms with van der Waals surface area (Å²) in [4.78, 5) is 19.7. The van der Waals surface area contributed by atoms with Gasteiger partial charge in [0.1, 0.15) is 11.6 Å². The normalized spacial score (nSPS) is 16.1. The van der Waals surface area contributed by atoms with Gasteiger partial charge in [0.25, 0.3) is 0 Å². The number of carbonyl (C=O) groups excluding carboxylic acids is 1. The summed E-state index contributed by atoms with van der Waals surface area (Å²) in [5.41, 5.74) is 1.33. The van der Waals surface area contributed by atoms with E-state index in [2.05, 4.69) is 20.4 Å². The molecule has 178 valence electrons. The van der Waals surface area contributed by atoms with Crippen LogP contribution >= 0.6 is 0 Å². The molecule has 1 saturated heterocycles. The number of piperidine rings is 1. The predicted octanol–water partition coefficient (Wildman–Crippen LogP) is 5.52. The zero-order valence-electron chi connectivity index (χ0n) is 19.1. The van der Waals surface area contributed by atoms with Crippen LogP contribution in [-0.2, 0) is 11.3 Å². The second-order valence-corrected chi connectivity index (χ2v) is 8.49. The van der Waals surface area contributed by atoms with Crippen LogP contribution in [0.2, 0.25) is 0 Å². The van der Waals surface area contributed by atoms with Gasteiger partial charge in [-0.25, -0.2) is 4.39 Å². The highest BCUT2D eigenvalue weighted by Gasteiger charge is 2.27. The van der Waals surface area contributed by atoms with E-state index in [-0.39, 0.29) is 17.6 Å². The zero-order chi connectivity index (χ0) is 24.0. The number of ether oxygens (including phenoxy) is 1. The molecule has 0 radical (unpaired) electrons. The highest BCUT2D eigenvalue weighted by molar-refractivity contribution is 5.94. The van der Waals surface area contributed by atoms with Gasteiger partial charge in [-0.2, -0.15) is 4.98 Å². The van der Waals surface area contributed by atoms with Crippen LogP contribution in [0.5, 0.6) is 11.5 Å². The molecule has 1 fully saturated rings. The number of rotatable bonds is 7. The summed E-state index contributed by atoms with van der Waals surface area (Å²) in [6.45, 7) is 1.87. The van der Waals surface area contributed by atoms with Crippen molar-refractivity contribution in [3.8, 4) is 22.9 Å². The van der Waals surface area contributed by atoms with Crippen molar-refractivity contribution in [3.05, 3.63) is 90.6 Å². The van der Waals surface area contributed by atoms with Crippen molar-refractivity contribution in [2.45, 2.75) is 19.4 Å². The number of aromatic nitrogens is 2. The lowest BCUT2D eigenvalue weighted by Crippen LogP contribution is -2.40. The lowest BCUT2D eigenvalue weighted by Gasteiger charge is -2.31. The van der Waals surface area contributed by atoms with Crippen LogP contribution in [0.1, 0.15) is 18.7 Å². The van der Waals surface area contributed by atoms with Crippen LogP contribution in [-0.4, -0.2) is 34.0 Å². The molecule has 0 aliphatic carbocycles. The molecule has 1 aliphatic heterocycles. The van der Waals surface area contributed by atoms with Gasteiger partial charge < -0.3 is 14.6 Å². The van der Waals surface area contributed by atoms with Gasteiger partial charge >= 0.3 is 0 Å². The summed E-state index contributed by atoms with van der Waals surface area (Å²) in [7, 11) is 0. The summed E-state index contributed by atoms with van der Waals surface area (Å²) < 4.78 is 24.5. The smallest absolute Gasteiger partial charge is 0.241 e. The van der Waals surface area contributed by atoms with Crippen LogP contribution in [0, 0.1) is 11.7 Å². The molecule has 0 bridgehead atoms. The molecule has 7 nitrogen and oxygen atoms in total. The van der Waals surface area contributed by atoms with Gasteiger partial charge in [0.05, 0.1) is 18.2 Å². The van der Waals surface area contributed by atoms with Gasteiger partial charge in [-0.15, -0.1) is 0 Å². The monoisotopic (exact) mass is 472 g/mol. The summed E-state index contributed by atoms with van der Waals surface area (Å²) in [6, 6.07) is 22.9. The van der Waals surface area contributed by atoms with E-state index in [1.165, 1.54) is 12.1 Å². The summed E-state index contributed by atoms with van der Waals surface area (Å²) in [6.07, 6.45) is 1.69. The molecule has 4 aromatic rings. The minimum absolute atomic E-state index is 0.0451. The number of para-hydroxylation sites is 3. The standard InChI is InChI=1S/C27H25FN4O3/c28-21-14-12-19(13-15-21)26-30-25(35-31-26)18-32-16-6-7-20(17-32)27(33)29-23-10-4-5-11-24(23)34-22-8-2-1-3-9-22/h1-5,8-15,20H,6-7,16-18H2,(H,29,33). The number of likely N-dealkylation sites (tertiary alicyclic amines) is 1. The van der Waals surface area contributed by atoms with Crippen LogP contribution in [0.4, 0.5) is 10.1 Å². The van der Waals surface area contributed by atoms with E-state index in [1.807, 2.05) is 54.6 Å². The second kappa shape index (κ2) is 10.5. The summed E-state index contributed by atoms with van der Waals surface area (Å²) in [5.74, 6) is 1.65. The molecule has 1 unspecified atom stereocenters. The van der Waals surface area contributed by atoms with Crippen molar-refractivity contribution in [3.63, 3.8) is 0 Å². The molecule has 1 aromatic heterocycles. The third-order valence-corrected chi connectivity index (χ3v) is 5.92. The number of nitrogens with one attached hydrogen (secondary N) is 1. The van der Waals surface area contributed by atoms with E-state index in [4.69, 9.17) is 9.26 Å². The predicted molar refractivity (Wildman–Crippen MR) is 129 cm³/mol. The number of amides is 1. The van der Waals surface area contributed by atoms with E-state index in [9.17, 15) is 9.18 Å². The third-order valence-electron chi connectivity index (χ3n) is 5.92. The number of halogens is 1. The van der Waals surface area contributed by atoms with Crippen molar-refractivity contribution in [2.24, 2.45) is 5.92 Å². The Morgan fingerprint density at radius 1 is 1.06 bits per heavy atom. The molecule has 1 atom stereocenters. The van der Waals surface area contributed by atoms with Gasteiger partial charge in [0.15, 0.2) is 5.75 Å². The fourth-order valence-corrected chi connectivity index (χ4v) is 4.15. The van der Waals surface area contributed by atoms with Crippen molar-refractivity contribution < 1.29 is 18.4 Å². The van der Waals surface area contributed by atoms with Gasteiger partial charge in [-0.1, -0.05) is 35.5 Å². The van der Waals surface area contributed by atoms with Gasteiger partial charge in [0, 0.05) is 12.1 Å². The Morgan fingerprint density at radius 3 is 2.66 bits per heavy atom. The molecule has 1 N–H and O–H groups in total. The van der Waals surface area contributed by atoms with Gasteiger partial charge in [0.2, 0.25) is 17.6 Å². The molecule has 0 spiro atoms. The van der Waals surface area contributed by atoms with Crippen molar-refractivity contribution in [1.82, 2.24) is 15.0 Å². The third kappa shape index (κ3) is 5.73. The molecule has 1 amide bonds. The van der Waals surface area contributed by atoms with Crippen molar-refractivity contribution in [1.29, 1.82) is 0 Å². The van der Waals surface area contributed by atoms with Gasteiger partial charge in [-0.05, 0) is 67.9 Å². The van der Waals surface area contributed by atoms with E-state index in [0.717, 1.165) is 19.4 Å². The number of hydrogen-bond donors (Lipinski definition) is 1. The van der Waals surface area contributed by atoms with Crippen LogP contribution < -0.4 is 10.1 Å². The maximum absolute atomic E-state index is 13.2. The first-order valence-corrected chi connectivity index (χ1v) is 11.6. The maximum atomic E-state index is 13.2. The van der Waals surface area contributed by atoms with Crippen molar-refractivity contribution >= 4 is 11.6 Å².